The van der Waals surface area contributed by atoms with Crippen molar-refractivity contribution in [3.05, 3.63) is 103 Å². The SMILES string of the molecule is Cc1cc(Cn2nnn(-c3ccccc3F)c2=O)ccc1N=C1OC(=O)c2c(I)cccc21. The van der Waals surface area contributed by atoms with Crippen molar-refractivity contribution in [2.24, 2.45) is 4.99 Å². The van der Waals surface area contributed by atoms with Crippen LogP contribution in [0.4, 0.5) is 10.1 Å². The number of hydrogen-bond donors (Lipinski definition) is 0. The summed E-state index contributed by atoms with van der Waals surface area (Å²) in [4.78, 5) is 29.4. The van der Waals surface area contributed by atoms with Crippen molar-refractivity contribution in [1.29, 1.82) is 0 Å². The number of nitrogens with zero attached hydrogens (tertiary/aromatic N) is 5. The zero-order valence-electron chi connectivity index (χ0n) is 17.2. The van der Waals surface area contributed by atoms with Gasteiger partial charge in [-0.05, 0) is 81.4 Å². The first-order valence-electron chi connectivity index (χ1n) is 9.89. The second kappa shape index (κ2) is 8.35. The third-order valence-corrected chi connectivity index (χ3v) is 6.07. The molecule has 164 valence electrons. The molecule has 0 saturated heterocycles. The standard InChI is InChI=1S/C23H15FIN5O3/c1-13-11-14(12-29-23(32)30(28-27-29)19-8-3-2-6-16(19)24)9-10-18(13)26-21-15-5-4-7-17(25)20(15)22(31)33-21/h2-11H,12H2,1H3. The van der Waals surface area contributed by atoms with Gasteiger partial charge in [0, 0.05) is 3.57 Å². The number of aryl methyl sites for hydroxylation is 1. The normalized spacial score (nSPS) is 13.9. The Bertz CT molecular complexity index is 1510. The van der Waals surface area contributed by atoms with Crippen LogP contribution in [0.1, 0.15) is 27.0 Å². The molecule has 0 radical (unpaired) electrons. The number of ether oxygens (including phenoxy) is 1. The van der Waals surface area contributed by atoms with Crippen LogP contribution in [0, 0.1) is 16.3 Å². The van der Waals surface area contributed by atoms with E-state index in [2.05, 4.69) is 38.0 Å². The number of esters is 1. The number of rotatable bonds is 4. The summed E-state index contributed by atoms with van der Waals surface area (Å²) < 4.78 is 22.3. The number of halogens is 2. The maximum Gasteiger partial charge on any atom is 0.368 e. The molecule has 1 aromatic heterocycles. The van der Waals surface area contributed by atoms with Crippen molar-refractivity contribution in [1.82, 2.24) is 19.8 Å². The third-order valence-electron chi connectivity index (χ3n) is 5.17. The number of hydrogen-bond acceptors (Lipinski definition) is 6. The zero-order chi connectivity index (χ0) is 23.1. The first kappa shape index (κ1) is 21.2. The molecule has 2 heterocycles. The molecule has 0 unspecified atom stereocenters. The van der Waals surface area contributed by atoms with Gasteiger partial charge in [-0.2, -0.15) is 9.36 Å². The Kier molecular flexibility index (Phi) is 5.36. The van der Waals surface area contributed by atoms with Gasteiger partial charge in [-0.15, -0.1) is 0 Å². The Labute approximate surface area is 200 Å². The second-order valence-corrected chi connectivity index (χ2v) is 8.53. The van der Waals surface area contributed by atoms with E-state index in [1.54, 1.807) is 24.3 Å². The van der Waals surface area contributed by atoms with E-state index in [9.17, 15) is 14.0 Å². The Morgan fingerprint density at radius 2 is 1.88 bits per heavy atom. The molecule has 1 aliphatic heterocycles. The van der Waals surface area contributed by atoms with Gasteiger partial charge in [-0.3, -0.25) is 0 Å². The highest BCUT2D eigenvalue weighted by Crippen LogP contribution is 2.28. The smallest absolute Gasteiger partial charge is 0.368 e. The van der Waals surface area contributed by atoms with Gasteiger partial charge in [0.05, 0.1) is 23.4 Å². The van der Waals surface area contributed by atoms with Crippen LogP contribution in [0.25, 0.3) is 5.69 Å². The van der Waals surface area contributed by atoms with Crippen LogP contribution in [-0.2, 0) is 11.3 Å². The summed E-state index contributed by atoms with van der Waals surface area (Å²) in [6.07, 6.45) is 0. The molecular weight excluding hydrogens is 540 g/mol. The molecule has 4 aromatic rings. The molecule has 8 nitrogen and oxygen atoms in total. The van der Waals surface area contributed by atoms with E-state index in [1.807, 2.05) is 25.1 Å². The highest BCUT2D eigenvalue weighted by Gasteiger charge is 2.30. The summed E-state index contributed by atoms with van der Waals surface area (Å²) in [7, 11) is 0. The summed E-state index contributed by atoms with van der Waals surface area (Å²) in [5.41, 5.74) is 2.91. The lowest BCUT2D eigenvalue weighted by molar-refractivity contribution is 0.0736. The number of carbonyl (C=O) groups excluding carboxylic acids is 1. The van der Waals surface area contributed by atoms with Crippen molar-refractivity contribution in [3.8, 4) is 5.69 Å². The van der Waals surface area contributed by atoms with Crippen LogP contribution in [-0.4, -0.2) is 31.7 Å². The van der Waals surface area contributed by atoms with Gasteiger partial charge in [0.1, 0.15) is 11.5 Å². The fourth-order valence-corrected chi connectivity index (χ4v) is 4.28. The first-order valence-corrected chi connectivity index (χ1v) is 11.0. The van der Waals surface area contributed by atoms with E-state index in [4.69, 9.17) is 4.74 Å². The Balaban J connectivity index is 1.42. The molecule has 0 spiro atoms. The zero-order valence-corrected chi connectivity index (χ0v) is 19.4. The number of tetrazole rings is 1. The quantitative estimate of drug-likeness (QED) is 0.283. The fourth-order valence-electron chi connectivity index (χ4n) is 3.56. The average molecular weight is 555 g/mol. The lowest BCUT2D eigenvalue weighted by Gasteiger charge is -2.06. The molecule has 0 aliphatic carbocycles. The van der Waals surface area contributed by atoms with Crippen LogP contribution in [0.5, 0.6) is 0 Å². The highest BCUT2D eigenvalue weighted by molar-refractivity contribution is 14.1. The van der Waals surface area contributed by atoms with Gasteiger partial charge >= 0.3 is 11.7 Å². The topological polar surface area (TPSA) is 91.4 Å². The second-order valence-electron chi connectivity index (χ2n) is 7.37. The van der Waals surface area contributed by atoms with Crippen molar-refractivity contribution in [3.63, 3.8) is 0 Å². The molecule has 33 heavy (non-hydrogen) atoms. The van der Waals surface area contributed by atoms with Gasteiger partial charge in [0.15, 0.2) is 0 Å². The summed E-state index contributed by atoms with van der Waals surface area (Å²) in [6.45, 7) is 2.02. The molecule has 10 heteroatoms. The van der Waals surface area contributed by atoms with Crippen molar-refractivity contribution in [2.75, 3.05) is 0 Å². The number of fused-ring (bicyclic) bond motifs is 1. The van der Waals surface area contributed by atoms with E-state index in [0.717, 1.165) is 24.1 Å². The number of carbonyl (C=O) groups is 1. The number of benzene rings is 3. The summed E-state index contributed by atoms with van der Waals surface area (Å²) >= 11 is 2.10. The van der Waals surface area contributed by atoms with Crippen LogP contribution in [0.15, 0.2) is 70.5 Å². The van der Waals surface area contributed by atoms with Crippen LogP contribution >= 0.6 is 22.6 Å². The lowest BCUT2D eigenvalue weighted by atomic mass is 10.1. The minimum atomic E-state index is -0.560. The minimum absolute atomic E-state index is 0.0390. The van der Waals surface area contributed by atoms with Crippen LogP contribution < -0.4 is 5.69 Å². The lowest BCUT2D eigenvalue weighted by Crippen LogP contribution is -2.25. The van der Waals surface area contributed by atoms with E-state index < -0.39 is 17.5 Å². The predicted molar refractivity (Wildman–Crippen MR) is 127 cm³/mol. The molecule has 0 amide bonds. The van der Waals surface area contributed by atoms with Crippen LogP contribution in [0.2, 0.25) is 0 Å². The first-order chi connectivity index (χ1) is 15.9. The summed E-state index contributed by atoms with van der Waals surface area (Å²) in [5.74, 6) is -0.719. The van der Waals surface area contributed by atoms with Crippen molar-refractivity contribution >= 4 is 40.1 Å². The monoisotopic (exact) mass is 555 g/mol. The van der Waals surface area contributed by atoms with Gasteiger partial charge in [0.2, 0.25) is 5.90 Å². The molecule has 0 N–H and O–H groups in total. The van der Waals surface area contributed by atoms with E-state index >= 15 is 0 Å². The Morgan fingerprint density at radius 3 is 2.67 bits per heavy atom. The maximum absolute atomic E-state index is 14.0. The van der Waals surface area contributed by atoms with Gasteiger partial charge in [-0.1, -0.05) is 30.3 Å². The number of aliphatic imine (C=N–C) groups is 1. The van der Waals surface area contributed by atoms with Gasteiger partial charge < -0.3 is 4.74 Å². The molecule has 0 atom stereocenters. The molecule has 0 bridgehead atoms. The average Bonchev–Trinajstić information content (AvgIpc) is 3.31. The van der Waals surface area contributed by atoms with Gasteiger partial charge in [-0.25, -0.2) is 19.0 Å². The largest absolute Gasteiger partial charge is 0.403 e. The highest BCUT2D eigenvalue weighted by atomic mass is 127. The van der Waals surface area contributed by atoms with Crippen LogP contribution in [0.3, 0.4) is 0 Å². The number of cyclic esters (lactones) is 1. The molecule has 0 saturated carbocycles. The molecule has 5 rings (SSSR count). The third kappa shape index (κ3) is 3.86. The molecule has 0 fully saturated rings. The number of para-hydroxylation sites is 1. The van der Waals surface area contributed by atoms with E-state index in [1.165, 1.54) is 18.2 Å². The molecule has 1 aliphatic rings. The van der Waals surface area contributed by atoms with E-state index in [-0.39, 0.29) is 18.1 Å². The summed E-state index contributed by atoms with van der Waals surface area (Å²) in [5, 5.41) is 7.66. The Morgan fingerprint density at radius 1 is 1.06 bits per heavy atom. The minimum Gasteiger partial charge on any atom is -0.403 e. The van der Waals surface area contributed by atoms with Gasteiger partial charge in [0.25, 0.3) is 0 Å². The fraction of sp³-hybridized carbons (Fsp3) is 0.0870. The van der Waals surface area contributed by atoms with Crippen molar-refractivity contribution in [2.45, 2.75) is 13.5 Å². The molecule has 3 aromatic carbocycles. The predicted octanol–water partition coefficient (Wildman–Crippen LogP) is 3.78. The Hall–Kier alpha value is -3.67. The molecular formula is C23H15FIN5O3. The number of aromatic nitrogens is 4. The van der Waals surface area contributed by atoms with E-state index in [0.29, 0.717) is 16.8 Å². The maximum atomic E-state index is 14.0. The van der Waals surface area contributed by atoms with Crippen molar-refractivity contribution < 1.29 is 13.9 Å². The summed E-state index contributed by atoms with van der Waals surface area (Å²) in [6, 6.07) is 16.8.